The molecule has 2 aromatic rings. The second kappa shape index (κ2) is 6.88. The largest absolute Gasteiger partial charge is 0.416 e. The van der Waals surface area contributed by atoms with Gasteiger partial charge in [0, 0.05) is 12.7 Å². The first kappa shape index (κ1) is 18.9. The first-order valence-electron chi connectivity index (χ1n) is 9.46. The third-order valence-corrected chi connectivity index (χ3v) is 6.12. The lowest BCUT2D eigenvalue weighted by atomic mass is 9.87. The summed E-state index contributed by atoms with van der Waals surface area (Å²) in [5, 5.41) is 2.98. The van der Waals surface area contributed by atoms with Crippen molar-refractivity contribution in [1.29, 1.82) is 0 Å². The van der Waals surface area contributed by atoms with Crippen molar-refractivity contribution in [2.75, 3.05) is 13.6 Å². The molecule has 2 atom stereocenters. The molecule has 0 aliphatic carbocycles. The topological polar surface area (TPSA) is 45.2 Å². The molecule has 4 rings (SSSR count). The highest BCUT2D eigenvalue weighted by Gasteiger charge is 2.51. The summed E-state index contributed by atoms with van der Waals surface area (Å²) >= 11 is 0. The summed E-state index contributed by atoms with van der Waals surface area (Å²) in [7, 11) is 1.97. The fraction of sp³-hybridized carbons (Fsp3) is 0.429. The summed E-state index contributed by atoms with van der Waals surface area (Å²) in [5.41, 5.74) is 1.24. The monoisotopic (exact) mass is 389 g/mol. The van der Waals surface area contributed by atoms with E-state index in [1.807, 2.05) is 13.1 Å². The molecule has 2 aliphatic heterocycles. The van der Waals surface area contributed by atoms with Crippen LogP contribution >= 0.6 is 0 Å². The van der Waals surface area contributed by atoms with Gasteiger partial charge in [0.1, 0.15) is 5.54 Å². The van der Waals surface area contributed by atoms with E-state index < -0.39 is 17.3 Å². The van der Waals surface area contributed by atoms with Crippen LogP contribution in [0.1, 0.15) is 43.0 Å². The highest BCUT2D eigenvalue weighted by Crippen LogP contribution is 2.44. The predicted octanol–water partition coefficient (Wildman–Crippen LogP) is 4.18. The number of halogens is 3. The van der Waals surface area contributed by atoms with Gasteiger partial charge in [-0.2, -0.15) is 13.2 Å². The van der Waals surface area contributed by atoms with E-state index in [1.54, 1.807) is 12.3 Å². The zero-order valence-electron chi connectivity index (χ0n) is 15.6. The number of hydrogen-bond acceptors (Lipinski definition) is 3. The number of nitrogens with zero attached hydrogens (tertiary/aromatic N) is 2. The molecule has 0 radical (unpaired) electrons. The molecule has 1 aromatic carbocycles. The molecule has 2 aliphatic rings. The van der Waals surface area contributed by atoms with Gasteiger partial charge in [0.2, 0.25) is 5.91 Å². The molecule has 3 heterocycles. The van der Waals surface area contributed by atoms with Crippen LogP contribution in [0.15, 0.2) is 42.6 Å². The number of hydrogen-bond donors (Lipinski definition) is 1. The van der Waals surface area contributed by atoms with Crippen molar-refractivity contribution in [3.8, 4) is 11.1 Å². The number of likely N-dealkylation sites (tertiary alicyclic amines) is 1. The van der Waals surface area contributed by atoms with Gasteiger partial charge in [0.05, 0.1) is 17.3 Å². The Hall–Kier alpha value is -2.41. The average Bonchev–Trinajstić information content (AvgIpc) is 3.01. The molecule has 1 aromatic heterocycles. The minimum Gasteiger partial charge on any atom is -0.354 e. The smallest absolute Gasteiger partial charge is 0.354 e. The Morgan fingerprint density at radius 3 is 2.57 bits per heavy atom. The lowest BCUT2D eigenvalue weighted by Gasteiger charge is -2.40. The van der Waals surface area contributed by atoms with Crippen molar-refractivity contribution in [2.45, 2.75) is 43.4 Å². The van der Waals surface area contributed by atoms with Crippen LogP contribution in [-0.2, 0) is 11.0 Å². The first-order valence-corrected chi connectivity index (χ1v) is 9.46. The van der Waals surface area contributed by atoms with Gasteiger partial charge in [0.25, 0.3) is 0 Å². The molecule has 2 fully saturated rings. The number of carbonyl (C=O) groups is 1. The normalized spacial score (nSPS) is 25.9. The first-order chi connectivity index (χ1) is 13.3. The van der Waals surface area contributed by atoms with Gasteiger partial charge in [-0.25, -0.2) is 0 Å². The van der Waals surface area contributed by atoms with Crippen molar-refractivity contribution >= 4 is 5.91 Å². The summed E-state index contributed by atoms with van der Waals surface area (Å²) in [6.45, 7) is 0.723. The number of piperidine rings is 1. The van der Waals surface area contributed by atoms with Crippen molar-refractivity contribution in [3.63, 3.8) is 0 Å². The van der Waals surface area contributed by atoms with Gasteiger partial charge in [-0.3, -0.25) is 14.7 Å². The maximum Gasteiger partial charge on any atom is 0.416 e. The third kappa shape index (κ3) is 3.17. The lowest BCUT2D eigenvalue weighted by molar-refractivity contribution is -0.137. The molecule has 148 valence electrons. The Balaban J connectivity index is 1.60. The maximum atomic E-state index is 12.8. The van der Waals surface area contributed by atoms with E-state index in [9.17, 15) is 18.0 Å². The molecule has 4 nitrogen and oxygen atoms in total. The van der Waals surface area contributed by atoms with E-state index in [-0.39, 0.29) is 11.9 Å². The SMILES string of the molecule is CN1[C@@H](c2cc(-c3ccc(C(F)(F)F)cc3)ccn2)CC[C@]12CCCNC2=O. The molecule has 0 bridgehead atoms. The van der Waals surface area contributed by atoms with Crippen LogP contribution < -0.4 is 5.32 Å². The van der Waals surface area contributed by atoms with E-state index in [0.29, 0.717) is 5.56 Å². The average molecular weight is 389 g/mol. The Kier molecular flexibility index (Phi) is 4.65. The minimum absolute atomic E-state index is 0.0123. The number of aromatic nitrogens is 1. The summed E-state index contributed by atoms with van der Waals surface area (Å²) in [6, 6.07) is 8.88. The van der Waals surface area contributed by atoms with Gasteiger partial charge in [-0.15, -0.1) is 0 Å². The highest BCUT2D eigenvalue weighted by atomic mass is 19.4. The predicted molar refractivity (Wildman–Crippen MR) is 99.4 cm³/mol. The summed E-state index contributed by atoms with van der Waals surface area (Å²) in [5.74, 6) is 0.0858. The number of amides is 1. The standard InChI is InChI=1S/C21H22F3N3O/c1-27-18(7-10-20(27)9-2-11-26-19(20)28)17-13-15(8-12-25-17)14-3-5-16(6-4-14)21(22,23)24/h3-6,8,12-13,18H,2,7,9-11H2,1H3,(H,26,28)/t18-,20+/m1/s1. The third-order valence-electron chi connectivity index (χ3n) is 6.12. The minimum atomic E-state index is -4.34. The zero-order chi connectivity index (χ0) is 19.9. The Morgan fingerprint density at radius 2 is 1.89 bits per heavy atom. The Bertz CT molecular complexity index is 881. The van der Waals surface area contributed by atoms with Gasteiger partial charge in [-0.1, -0.05) is 12.1 Å². The van der Waals surface area contributed by atoms with Crippen LogP contribution in [0.5, 0.6) is 0 Å². The molecular formula is C21H22F3N3O. The number of rotatable bonds is 2. The zero-order valence-corrected chi connectivity index (χ0v) is 15.6. The molecule has 7 heteroatoms. The fourth-order valence-electron chi connectivity index (χ4n) is 4.49. The summed E-state index contributed by atoms with van der Waals surface area (Å²) in [4.78, 5) is 19.2. The van der Waals surface area contributed by atoms with Crippen molar-refractivity contribution in [1.82, 2.24) is 15.2 Å². The van der Waals surface area contributed by atoms with E-state index in [0.717, 1.165) is 55.6 Å². The molecule has 2 saturated heterocycles. The van der Waals surface area contributed by atoms with Crippen LogP contribution in [0.3, 0.4) is 0 Å². The van der Waals surface area contributed by atoms with Crippen LogP contribution in [0.2, 0.25) is 0 Å². The molecule has 28 heavy (non-hydrogen) atoms. The molecule has 1 N–H and O–H groups in total. The van der Waals surface area contributed by atoms with Gasteiger partial charge < -0.3 is 5.32 Å². The van der Waals surface area contributed by atoms with Crippen LogP contribution in [0.4, 0.5) is 13.2 Å². The number of likely N-dealkylation sites (N-methyl/N-ethyl adjacent to an activating group) is 1. The second-order valence-electron chi connectivity index (χ2n) is 7.60. The summed E-state index contributed by atoms with van der Waals surface area (Å²) in [6.07, 6.45) is 0.747. The van der Waals surface area contributed by atoms with Gasteiger partial charge in [-0.05, 0) is 68.1 Å². The van der Waals surface area contributed by atoms with E-state index in [4.69, 9.17) is 0 Å². The Morgan fingerprint density at radius 1 is 1.14 bits per heavy atom. The van der Waals surface area contributed by atoms with Crippen molar-refractivity contribution in [2.24, 2.45) is 0 Å². The fourth-order valence-corrected chi connectivity index (χ4v) is 4.49. The quantitative estimate of drug-likeness (QED) is 0.838. The number of alkyl halides is 3. The number of nitrogens with one attached hydrogen (secondary N) is 1. The van der Waals surface area contributed by atoms with Gasteiger partial charge in [0.15, 0.2) is 0 Å². The van der Waals surface area contributed by atoms with E-state index in [2.05, 4.69) is 15.2 Å². The van der Waals surface area contributed by atoms with Crippen molar-refractivity contribution < 1.29 is 18.0 Å². The van der Waals surface area contributed by atoms with Crippen LogP contribution in [-0.4, -0.2) is 34.9 Å². The number of benzene rings is 1. The molecule has 0 unspecified atom stereocenters. The van der Waals surface area contributed by atoms with Crippen molar-refractivity contribution in [3.05, 3.63) is 53.9 Å². The Labute approximate surface area is 161 Å². The van der Waals surface area contributed by atoms with Crippen LogP contribution in [0, 0.1) is 0 Å². The number of carbonyl (C=O) groups excluding carboxylic acids is 1. The van der Waals surface area contributed by atoms with Crippen LogP contribution in [0.25, 0.3) is 11.1 Å². The highest BCUT2D eigenvalue weighted by molar-refractivity contribution is 5.87. The number of pyridine rings is 1. The summed E-state index contributed by atoms with van der Waals surface area (Å²) < 4.78 is 38.4. The molecular weight excluding hydrogens is 367 g/mol. The second-order valence-corrected chi connectivity index (χ2v) is 7.60. The molecule has 1 spiro atoms. The maximum absolute atomic E-state index is 12.8. The van der Waals surface area contributed by atoms with E-state index >= 15 is 0 Å². The lowest BCUT2D eigenvalue weighted by Crippen LogP contribution is -2.57. The van der Waals surface area contributed by atoms with Gasteiger partial charge >= 0.3 is 6.18 Å². The molecule has 1 amide bonds. The van der Waals surface area contributed by atoms with E-state index in [1.165, 1.54) is 12.1 Å². The molecule has 0 saturated carbocycles.